The van der Waals surface area contributed by atoms with Gasteiger partial charge in [-0.1, -0.05) is 53.7 Å². The van der Waals surface area contributed by atoms with Gasteiger partial charge in [-0.2, -0.15) is 9.29 Å². The van der Waals surface area contributed by atoms with Crippen molar-refractivity contribution in [2.45, 2.75) is 38.0 Å². The van der Waals surface area contributed by atoms with Crippen LogP contribution in [-0.4, -0.2) is 85.0 Å². The van der Waals surface area contributed by atoms with E-state index in [-0.39, 0.29) is 16.7 Å². The zero-order valence-electron chi connectivity index (χ0n) is 35.1. The number of para-hydroxylation sites is 2. The van der Waals surface area contributed by atoms with Crippen LogP contribution in [-0.2, 0) is 40.9 Å². The van der Waals surface area contributed by atoms with Gasteiger partial charge in [0.15, 0.2) is 5.82 Å². The van der Waals surface area contributed by atoms with Gasteiger partial charge in [0.05, 0.1) is 58.5 Å². The molecule has 0 saturated carbocycles. The highest BCUT2D eigenvalue weighted by atomic mass is 32.2. The Morgan fingerprint density at radius 1 is 0.667 bits per heavy atom. The lowest BCUT2D eigenvalue weighted by Crippen LogP contribution is -2.40. The Morgan fingerprint density at radius 2 is 1.16 bits per heavy atom. The van der Waals surface area contributed by atoms with Gasteiger partial charge in [-0.05, 0) is 90.5 Å². The molecule has 1 saturated heterocycles. The smallest absolute Gasteiger partial charge is 0.257 e. The number of sulfonamides is 1. The number of carbonyl (C=O) groups is 2. The van der Waals surface area contributed by atoms with Crippen LogP contribution in [0, 0.1) is 6.92 Å². The first kappa shape index (κ1) is 44.9. The molecule has 3 aromatic heterocycles. The summed E-state index contributed by atoms with van der Waals surface area (Å²) in [5, 5.41) is 7.81. The molecule has 2 amide bonds. The molecule has 1 fully saturated rings. The number of methoxy groups -OCH3 is 2. The molecule has 63 heavy (non-hydrogen) atoms. The maximum atomic E-state index is 13.5. The lowest BCUT2D eigenvalue weighted by atomic mass is 10.1. The minimum atomic E-state index is -3.61. The van der Waals surface area contributed by atoms with Crippen LogP contribution < -0.4 is 9.47 Å². The second kappa shape index (κ2) is 21.3. The Hall–Kier alpha value is -6.17. The fourth-order valence-corrected chi connectivity index (χ4v) is 9.75. The van der Waals surface area contributed by atoms with E-state index in [2.05, 4.69) is 10.1 Å². The van der Waals surface area contributed by atoms with E-state index in [4.69, 9.17) is 18.7 Å². The molecular formula is C47H47N5O8S3. The van der Waals surface area contributed by atoms with Gasteiger partial charge in [0.2, 0.25) is 10.0 Å². The third-order valence-corrected chi connectivity index (χ3v) is 13.8. The van der Waals surface area contributed by atoms with Crippen molar-refractivity contribution in [3.63, 3.8) is 0 Å². The summed E-state index contributed by atoms with van der Waals surface area (Å²) >= 11 is 3.22. The van der Waals surface area contributed by atoms with Crippen molar-refractivity contribution in [2.24, 2.45) is 0 Å². The highest BCUT2D eigenvalue weighted by Crippen LogP contribution is 2.26. The first-order valence-corrected chi connectivity index (χ1v) is 23.3. The number of amides is 2. The van der Waals surface area contributed by atoms with Gasteiger partial charge >= 0.3 is 0 Å². The highest BCUT2D eigenvalue weighted by Gasteiger charge is 2.27. The Bertz CT molecular complexity index is 2660. The molecule has 13 nitrogen and oxygen atoms in total. The van der Waals surface area contributed by atoms with Gasteiger partial charge in [0.1, 0.15) is 11.5 Å². The summed E-state index contributed by atoms with van der Waals surface area (Å²) in [4.78, 5) is 37.0. The van der Waals surface area contributed by atoms with Crippen LogP contribution in [0.2, 0.25) is 0 Å². The summed E-state index contributed by atoms with van der Waals surface area (Å²) in [6.45, 7) is 4.99. The van der Waals surface area contributed by atoms with E-state index in [0.29, 0.717) is 81.1 Å². The van der Waals surface area contributed by atoms with Crippen LogP contribution in [0.5, 0.6) is 11.5 Å². The molecule has 326 valence electrons. The SMILES string of the molecule is COc1ccccc1CN(Cc1cccs1)C(=O)c1ccc(-c2nc(C)no2)cc1.COc1ccccc1CN(Cc1cccs1)C(=O)c1ccc(S(=O)(=O)N2CCOCC2)cc1. The predicted molar refractivity (Wildman–Crippen MR) is 242 cm³/mol. The minimum Gasteiger partial charge on any atom is -0.496 e. The summed E-state index contributed by atoms with van der Waals surface area (Å²) < 4.78 is 48.6. The molecule has 0 atom stereocenters. The van der Waals surface area contributed by atoms with Crippen LogP contribution in [0.25, 0.3) is 11.5 Å². The Labute approximate surface area is 375 Å². The zero-order chi connectivity index (χ0) is 44.2. The van der Waals surface area contributed by atoms with Crippen LogP contribution in [0.15, 0.2) is 142 Å². The number of ether oxygens (including phenoxy) is 3. The third-order valence-electron chi connectivity index (χ3n) is 10.2. The summed E-state index contributed by atoms with van der Waals surface area (Å²) in [5.41, 5.74) is 3.67. The number of hydrogen-bond acceptors (Lipinski definition) is 12. The van der Waals surface area contributed by atoms with Gasteiger partial charge in [-0.15, -0.1) is 22.7 Å². The number of carbonyl (C=O) groups excluding carboxylic acids is 2. The second-order valence-electron chi connectivity index (χ2n) is 14.4. The topological polar surface area (TPSA) is 145 Å². The summed E-state index contributed by atoms with van der Waals surface area (Å²) in [5.74, 6) is 2.27. The van der Waals surface area contributed by atoms with E-state index >= 15 is 0 Å². The van der Waals surface area contributed by atoms with E-state index in [1.54, 1.807) is 73.0 Å². The third kappa shape index (κ3) is 11.5. The van der Waals surface area contributed by atoms with E-state index in [1.807, 2.05) is 101 Å². The molecule has 0 unspecified atom stereocenters. The molecule has 4 aromatic carbocycles. The Morgan fingerprint density at radius 3 is 1.60 bits per heavy atom. The fraction of sp³-hybridized carbons (Fsp3) is 0.234. The van der Waals surface area contributed by atoms with Crippen molar-refractivity contribution >= 4 is 44.5 Å². The van der Waals surface area contributed by atoms with Crippen molar-refractivity contribution in [3.8, 4) is 23.0 Å². The quantitative estimate of drug-likeness (QED) is 0.0982. The van der Waals surface area contributed by atoms with Gasteiger partial charge in [0.25, 0.3) is 17.7 Å². The van der Waals surface area contributed by atoms with Crippen molar-refractivity contribution in [3.05, 3.63) is 170 Å². The number of aromatic nitrogens is 2. The van der Waals surface area contributed by atoms with Crippen LogP contribution in [0.4, 0.5) is 0 Å². The van der Waals surface area contributed by atoms with Crippen LogP contribution in [0.1, 0.15) is 47.4 Å². The van der Waals surface area contributed by atoms with Crippen LogP contribution >= 0.6 is 22.7 Å². The van der Waals surface area contributed by atoms with Crippen LogP contribution in [0.3, 0.4) is 0 Å². The van der Waals surface area contributed by atoms with E-state index in [1.165, 1.54) is 16.4 Å². The molecule has 0 radical (unpaired) electrons. The van der Waals surface area contributed by atoms with Gasteiger partial charge in [0, 0.05) is 50.7 Å². The van der Waals surface area contributed by atoms with E-state index in [9.17, 15) is 18.0 Å². The number of thiophene rings is 2. The molecule has 1 aliphatic rings. The number of aryl methyl sites for hydroxylation is 1. The monoisotopic (exact) mass is 905 g/mol. The molecular weight excluding hydrogens is 859 g/mol. The first-order valence-electron chi connectivity index (χ1n) is 20.1. The number of morpholine rings is 1. The molecule has 0 spiro atoms. The molecule has 0 N–H and O–H groups in total. The standard InChI is InChI=1S/C24H26N2O5S2.C23H21N3O3S/c1-30-23-7-3-2-5-20(23)17-25(18-21-6-4-16-32-21)24(27)19-8-10-22(11-9-19)33(28,29)26-12-14-31-15-13-26;1-16-24-22(29-25-16)17-9-11-18(12-10-17)23(27)26(15-20-7-5-13-30-20)14-19-6-3-4-8-21(19)28-2/h2-11,16H,12-15,17-18H2,1H3;3-13H,14-15H2,1-2H3. The van der Waals surface area contributed by atoms with Gasteiger partial charge in [-0.25, -0.2) is 8.42 Å². The van der Waals surface area contributed by atoms with E-state index in [0.717, 1.165) is 32.2 Å². The maximum Gasteiger partial charge on any atom is 0.257 e. The highest BCUT2D eigenvalue weighted by molar-refractivity contribution is 7.89. The number of nitrogens with zero attached hydrogens (tertiary/aromatic N) is 5. The maximum absolute atomic E-state index is 13.5. The lowest BCUT2D eigenvalue weighted by molar-refractivity contribution is 0.0723. The molecule has 16 heteroatoms. The second-order valence-corrected chi connectivity index (χ2v) is 18.4. The van der Waals surface area contributed by atoms with Crippen molar-refractivity contribution in [1.29, 1.82) is 0 Å². The number of benzene rings is 4. The molecule has 0 bridgehead atoms. The Balaban J connectivity index is 0.000000190. The molecule has 4 heterocycles. The van der Waals surface area contributed by atoms with Crippen molar-refractivity contribution in [1.82, 2.24) is 24.2 Å². The van der Waals surface area contributed by atoms with Crippen molar-refractivity contribution < 1.29 is 36.7 Å². The molecule has 7 aromatic rings. The fourth-order valence-electron chi connectivity index (χ4n) is 6.90. The average molecular weight is 906 g/mol. The summed E-state index contributed by atoms with van der Waals surface area (Å²) in [7, 11) is -0.360. The first-order chi connectivity index (χ1) is 30.6. The van der Waals surface area contributed by atoms with Crippen molar-refractivity contribution in [2.75, 3.05) is 40.5 Å². The zero-order valence-corrected chi connectivity index (χ0v) is 37.5. The number of rotatable bonds is 15. The van der Waals surface area contributed by atoms with E-state index < -0.39 is 10.0 Å². The molecule has 8 rings (SSSR count). The lowest BCUT2D eigenvalue weighted by Gasteiger charge is -2.26. The molecule has 0 aliphatic carbocycles. The minimum absolute atomic E-state index is 0.0532. The normalized spacial score (nSPS) is 12.8. The largest absolute Gasteiger partial charge is 0.496 e. The number of hydrogen-bond donors (Lipinski definition) is 0. The molecule has 1 aliphatic heterocycles. The predicted octanol–water partition coefficient (Wildman–Crippen LogP) is 8.58. The van der Waals surface area contributed by atoms with Gasteiger partial charge < -0.3 is 28.5 Å². The van der Waals surface area contributed by atoms with Gasteiger partial charge in [-0.3, -0.25) is 9.59 Å². The Kier molecular flexibility index (Phi) is 15.2. The summed E-state index contributed by atoms with van der Waals surface area (Å²) in [6, 6.07) is 36.8. The average Bonchev–Trinajstić information content (AvgIpc) is 4.14. The summed E-state index contributed by atoms with van der Waals surface area (Å²) in [6.07, 6.45) is 0.